The van der Waals surface area contributed by atoms with Crippen molar-refractivity contribution in [3.8, 4) is 5.75 Å². The Morgan fingerprint density at radius 1 is 1.00 bits per heavy atom. The first-order chi connectivity index (χ1) is 13.1. The van der Waals surface area contributed by atoms with Crippen molar-refractivity contribution in [1.29, 1.82) is 0 Å². The second-order valence-electron chi connectivity index (χ2n) is 5.52. The standard InChI is InChI=1S/C19H16F2N4O2/c1-27-16-8-3-2-5-12(16)11-22-19(26)15-9-10-17(25-24-15)23-18-13(20)6-4-7-14(18)21/h2-10H,11H2,1H3,(H,22,26)(H,23,25). The Morgan fingerprint density at radius 2 is 1.74 bits per heavy atom. The second-order valence-corrected chi connectivity index (χ2v) is 5.52. The maximum atomic E-state index is 13.6. The van der Waals surface area contributed by atoms with Gasteiger partial charge in [-0.05, 0) is 30.3 Å². The summed E-state index contributed by atoms with van der Waals surface area (Å²) in [4.78, 5) is 12.2. The minimum atomic E-state index is -0.754. The topological polar surface area (TPSA) is 76.1 Å². The fraction of sp³-hybridized carbons (Fsp3) is 0.105. The van der Waals surface area contributed by atoms with Gasteiger partial charge in [-0.25, -0.2) is 8.78 Å². The van der Waals surface area contributed by atoms with Gasteiger partial charge in [-0.15, -0.1) is 10.2 Å². The molecule has 0 saturated carbocycles. The number of aromatic nitrogens is 2. The summed E-state index contributed by atoms with van der Waals surface area (Å²) < 4.78 is 32.5. The molecule has 27 heavy (non-hydrogen) atoms. The molecule has 0 atom stereocenters. The largest absolute Gasteiger partial charge is 0.496 e. The predicted molar refractivity (Wildman–Crippen MR) is 95.8 cm³/mol. The predicted octanol–water partition coefficient (Wildman–Crippen LogP) is 3.44. The number of carbonyl (C=O) groups excluding carboxylic acids is 1. The number of anilines is 2. The van der Waals surface area contributed by atoms with Crippen LogP contribution in [-0.4, -0.2) is 23.2 Å². The fourth-order valence-electron chi connectivity index (χ4n) is 2.38. The number of hydrogen-bond acceptors (Lipinski definition) is 5. The molecule has 8 heteroatoms. The van der Waals surface area contributed by atoms with E-state index in [1.165, 1.54) is 18.2 Å². The van der Waals surface area contributed by atoms with E-state index in [0.29, 0.717) is 5.75 Å². The number of nitrogens with zero attached hydrogens (tertiary/aromatic N) is 2. The van der Waals surface area contributed by atoms with Crippen molar-refractivity contribution in [2.75, 3.05) is 12.4 Å². The van der Waals surface area contributed by atoms with Crippen LogP contribution in [0.1, 0.15) is 16.1 Å². The number of methoxy groups -OCH3 is 1. The van der Waals surface area contributed by atoms with E-state index in [-0.39, 0.29) is 23.7 Å². The number of halogens is 2. The number of hydrogen-bond donors (Lipinski definition) is 2. The van der Waals surface area contributed by atoms with Gasteiger partial charge in [0.2, 0.25) is 0 Å². The second kappa shape index (κ2) is 8.22. The van der Waals surface area contributed by atoms with Gasteiger partial charge in [-0.3, -0.25) is 4.79 Å². The average molecular weight is 370 g/mol. The maximum Gasteiger partial charge on any atom is 0.272 e. The summed E-state index contributed by atoms with van der Waals surface area (Å²) in [5.41, 5.74) is 0.555. The molecule has 138 valence electrons. The van der Waals surface area contributed by atoms with Crippen molar-refractivity contribution in [2.24, 2.45) is 0 Å². The van der Waals surface area contributed by atoms with Crippen LogP contribution in [0.3, 0.4) is 0 Å². The summed E-state index contributed by atoms with van der Waals surface area (Å²) in [6.45, 7) is 0.255. The van der Waals surface area contributed by atoms with Gasteiger partial charge in [0, 0.05) is 12.1 Å². The lowest BCUT2D eigenvalue weighted by molar-refractivity contribution is 0.0944. The molecule has 0 aliphatic heterocycles. The third kappa shape index (κ3) is 4.35. The van der Waals surface area contributed by atoms with Gasteiger partial charge in [0.15, 0.2) is 11.5 Å². The minimum Gasteiger partial charge on any atom is -0.496 e. The highest BCUT2D eigenvalue weighted by Crippen LogP contribution is 2.21. The molecule has 0 fully saturated rings. The molecule has 0 radical (unpaired) electrons. The van der Waals surface area contributed by atoms with Crippen LogP contribution < -0.4 is 15.4 Å². The number of ether oxygens (including phenoxy) is 1. The Hall–Kier alpha value is -3.55. The zero-order valence-corrected chi connectivity index (χ0v) is 14.4. The van der Waals surface area contributed by atoms with Crippen molar-refractivity contribution in [3.05, 3.63) is 77.5 Å². The summed E-state index contributed by atoms with van der Waals surface area (Å²) in [5.74, 6) is -1.17. The quantitative estimate of drug-likeness (QED) is 0.695. The Labute approximate surface area is 154 Å². The third-order valence-corrected chi connectivity index (χ3v) is 3.74. The van der Waals surface area contributed by atoms with E-state index in [1.54, 1.807) is 13.2 Å². The number of para-hydroxylation sites is 2. The first-order valence-electron chi connectivity index (χ1n) is 8.03. The molecule has 0 unspecified atom stereocenters. The van der Waals surface area contributed by atoms with Crippen LogP contribution in [0.2, 0.25) is 0 Å². The molecule has 0 bridgehead atoms. The Bertz CT molecular complexity index is 928. The van der Waals surface area contributed by atoms with Crippen LogP contribution >= 0.6 is 0 Å². The van der Waals surface area contributed by atoms with E-state index in [2.05, 4.69) is 20.8 Å². The molecule has 1 aromatic heterocycles. The van der Waals surface area contributed by atoms with E-state index < -0.39 is 17.5 Å². The van der Waals surface area contributed by atoms with Crippen molar-refractivity contribution < 1.29 is 18.3 Å². The van der Waals surface area contributed by atoms with Gasteiger partial charge in [0.1, 0.15) is 23.1 Å². The highest BCUT2D eigenvalue weighted by Gasteiger charge is 2.12. The normalized spacial score (nSPS) is 10.3. The van der Waals surface area contributed by atoms with Crippen molar-refractivity contribution in [1.82, 2.24) is 15.5 Å². The summed E-state index contributed by atoms with van der Waals surface area (Å²) in [6.07, 6.45) is 0. The smallest absolute Gasteiger partial charge is 0.272 e. The zero-order chi connectivity index (χ0) is 19.2. The first kappa shape index (κ1) is 18.2. The minimum absolute atomic E-state index is 0.0736. The van der Waals surface area contributed by atoms with Gasteiger partial charge < -0.3 is 15.4 Å². The Morgan fingerprint density at radius 3 is 2.41 bits per heavy atom. The van der Waals surface area contributed by atoms with Crippen LogP contribution in [0.15, 0.2) is 54.6 Å². The lowest BCUT2D eigenvalue weighted by atomic mass is 10.2. The van der Waals surface area contributed by atoms with E-state index in [4.69, 9.17) is 4.74 Å². The monoisotopic (exact) mass is 370 g/mol. The third-order valence-electron chi connectivity index (χ3n) is 3.74. The van der Waals surface area contributed by atoms with E-state index in [0.717, 1.165) is 17.7 Å². The molecule has 2 N–H and O–H groups in total. The highest BCUT2D eigenvalue weighted by molar-refractivity contribution is 5.92. The molecule has 3 rings (SSSR count). The van der Waals surface area contributed by atoms with Crippen LogP contribution in [0.25, 0.3) is 0 Å². The molecule has 0 aliphatic rings. The van der Waals surface area contributed by atoms with Gasteiger partial charge in [-0.2, -0.15) is 0 Å². The van der Waals surface area contributed by atoms with Crippen LogP contribution in [0.5, 0.6) is 5.75 Å². The molecular weight excluding hydrogens is 354 g/mol. The maximum absolute atomic E-state index is 13.6. The molecule has 1 heterocycles. The number of amides is 1. The lowest BCUT2D eigenvalue weighted by Crippen LogP contribution is -2.24. The van der Waals surface area contributed by atoms with E-state index >= 15 is 0 Å². The fourth-order valence-corrected chi connectivity index (χ4v) is 2.38. The molecule has 0 aliphatic carbocycles. The summed E-state index contributed by atoms with van der Waals surface area (Å²) in [6, 6.07) is 13.6. The van der Waals surface area contributed by atoms with Gasteiger partial charge in [0.05, 0.1) is 7.11 Å². The molecule has 0 spiro atoms. The average Bonchev–Trinajstić information content (AvgIpc) is 2.69. The van der Waals surface area contributed by atoms with Crippen molar-refractivity contribution in [3.63, 3.8) is 0 Å². The summed E-state index contributed by atoms with van der Waals surface area (Å²) in [7, 11) is 1.55. The van der Waals surface area contributed by atoms with Crippen LogP contribution in [-0.2, 0) is 6.54 Å². The molecule has 2 aromatic carbocycles. The number of carbonyl (C=O) groups is 1. The van der Waals surface area contributed by atoms with Gasteiger partial charge >= 0.3 is 0 Å². The van der Waals surface area contributed by atoms with E-state index in [9.17, 15) is 13.6 Å². The molecule has 3 aromatic rings. The summed E-state index contributed by atoms with van der Waals surface area (Å²) in [5, 5.41) is 12.8. The number of rotatable bonds is 6. The van der Waals surface area contributed by atoms with Gasteiger partial charge in [-0.1, -0.05) is 24.3 Å². The molecular formula is C19H16F2N4O2. The van der Waals surface area contributed by atoms with Crippen molar-refractivity contribution >= 4 is 17.4 Å². The van der Waals surface area contributed by atoms with Crippen molar-refractivity contribution in [2.45, 2.75) is 6.54 Å². The Kier molecular flexibility index (Phi) is 5.55. The SMILES string of the molecule is COc1ccccc1CNC(=O)c1ccc(Nc2c(F)cccc2F)nn1. The Balaban J connectivity index is 1.65. The van der Waals surface area contributed by atoms with E-state index in [1.807, 2.05) is 18.2 Å². The van der Waals surface area contributed by atoms with Crippen LogP contribution in [0, 0.1) is 11.6 Å². The summed E-state index contributed by atoms with van der Waals surface area (Å²) >= 11 is 0. The number of benzene rings is 2. The van der Waals surface area contributed by atoms with Gasteiger partial charge in [0.25, 0.3) is 5.91 Å². The lowest BCUT2D eigenvalue weighted by Gasteiger charge is -2.10. The first-order valence-corrected chi connectivity index (χ1v) is 8.03. The highest BCUT2D eigenvalue weighted by atomic mass is 19.1. The molecule has 6 nitrogen and oxygen atoms in total. The zero-order valence-electron chi connectivity index (χ0n) is 14.4. The number of nitrogens with one attached hydrogen (secondary N) is 2. The molecule has 0 saturated heterocycles. The van der Waals surface area contributed by atoms with Crippen LogP contribution in [0.4, 0.5) is 20.3 Å². The molecule has 1 amide bonds.